The molecule has 84 valence electrons. The lowest BCUT2D eigenvalue weighted by molar-refractivity contribution is 0.629. The highest BCUT2D eigenvalue weighted by molar-refractivity contribution is 7.99. The molecule has 0 radical (unpaired) electrons. The number of nitrogens with zero attached hydrogens (tertiary/aromatic N) is 3. The fourth-order valence-corrected chi connectivity index (χ4v) is 1.91. The van der Waals surface area contributed by atoms with Crippen LogP contribution in [-0.4, -0.2) is 20.6 Å². The molecule has 0 bridgehead atoms. The lowest BCUT2D eigenvalue weighted by Crippen LogP contribution is -2.12. The summed E-state index contributed by atoms with van der Waals surface area (Å²) < 4.78 is 14.8. The van der Waals surface area contributed by atoms with Crippen molar-refractivity contribution in [3.05, 3.63) is 30.1 Å². The van der Waals surface area contributed by atoms with E-state index in [0.29, 0.717) is 16.5 Å². The standard InChI is InChI=1S/C10H11FN4S/c1-2-16-10-14-13-9(15(10)12)7-5-3-4-6-8(7)11/h3-6H,2,12H2,1H3. The molecule has 4 nitrogen and oxygen atoms in total. The first-order chi connectivity index (χ1) is 7.74. The first-order valence-corrected chi connectivity index (χ1v) is 5.80. The second-order valence-electron chi connectivity index (χ2n) is 3.09. The smallest absolute Gasteiger partial charge is 0.210 e. The third kappa shape index (κ3) is 1.88. The Morgan fingerprint density at radius 3 is 2.81 bits per heavy atom. The van der Waals surface area contributed by atoms with Crippen LogP contribution in [0.2, 0.25) is 0 Å². The summed E-state index contributed by atoms with van der Waals surface area (Å²) >= 11 is 1.47. The summed E-state index contributed by atoms with van der Waals surface area (Å²) in [4.78, 5) is 0. The fourth-order valence-electron chi connectivity index (χ4n) is 1.33. The maximum absolute atomic E-state index is 13.5. The Balaban J connectivity index is 2.45. The minimum absolute atomic E-state index is 0.342. The number of rotatable bonds is 3. The van der Waals surface area contributed by atoms with Gasteiger partial charge >= 0.3 is 0 Å². The second-order valence-corrected chi connectivity index (χ2v) is 4.32. The van der Waals surface area contributed by atoms with E-state index in [-0.39, 0.29) is 5.82 Å². The minimum atomic E-state index is -0.352. The monoisotopic (exact) mass is 238 g/mol. The van der Waals surface area contributed by atoms with Crippen LogP contribution in [0.1, 0.15) is 6.92 Å². The van der Waals surface area contributed by atoms with E-state index in [1.54, 1.807) is 18.2 Å². The van der Waals surface area contributed by atoms with Crippen molar-refractivity contribution in [2.24, 2.45) is 0 Å². The minimum Gasteiger partial charge on any atom is -0.335 e. The Kier molecular flexibility index (Phi) is 3.09. The molecule has 2 rings (SSSR count). The average molecular weight is 238 g/mol. The van der Waals surface area contributed by atoms with Gasteiger partial charge in [0.2, 0.25) is 5.16 Å². The Morgan fingerprint density at radius 2 is 2.12 bits per heavy atom. The third-order valence-corrected chi connectivity index (χ3v) is 2.88. The summed E-state index contributed by atoms with van der Waals surface area (Å²) in [5, 5.41) is 8.38. The van der Waals surface area contributed by atoms with Crippen molar-refractivity contribution in [2.45, 2.75) is 12.1 Å². The van der Waals surface area contributed by atoms with Gasteiger partial charge in [-0.25, -0.2) is 9.07 Å². The van der Waals surface area contributed by atoms with Gasteiger partial charge in [-0.15, -0.1) is 10.2 Å². The topological polar surface area (TPSA) is 56.7 Å². The number of nitrogens with two attached hydrogens (primary N) is 1. The fraction of sp³-hybridized carbons (Fsp3) is 0.200. The summed E-state index contributed by atoms with van der Waals surface area (Å²) in [6.07, 6.45) is 0. The molecule has 0 fully saturated rings. The number of hydrogen-bond donors (Lipinski definition) is 1. The van der Waals surface area contributed by atoms with E-state index in [1.807, 2.05) is 6.92 Å². The summed E-state index contributed by atoms with van der Waals surface area (Å²) in [7, 11) is 0. The Bertz CT molecular complexity index is 497. The lowest BCUT2D eigenvalue weighted by atomic mass is 10.2. The first kappa shape index (κ1) is 10.9. The van der Waals surface area contributed by atoms with E-state index in [2.05, 4.69) is 10.2 Å². The van der Waals surface area contributed by atoms with Gasteiger partial charge < -0.3 is 5.84 Å². The summed E-state index contributed by atoms with van der Waals surface area (Å²) in [5.41, 5.74) is 0.362. The van der Waals surface area contributed by atoms with Crippen LogP contribution >= 0.6 is 11.8 Å². The molecule has 0 aliphatic rings. The Labute approximate surface area is 96.6 Å². The van der Waals surface area contributed by atoms with Crippen LogP contribution in [0.5, 0.6) is 0 Å². The summed E-state index contributed by atoms with van der Waals surface area (Å²) in [5.74, 6) is 6.62. The average Bonchev–Trinajstić information content (AvgIpc) is 2.62. The number of benzene rings is 1. The number of aromatic nitrogens is 3. The number of thioether (sulfide) groups is 1. The Hall–Kier alpha value is -1.56. The molecule has 0 unspecified atom stereocenters. The summed E-state index contributed by atoms with van der Waals surface area (Å²) in [6.45, 7) is 1.99. The maximum Gasteiger partial charge on any atom is 0.210 e. The quantitative estimate of drug-likeness (QED) is 0.655. The molecule has 1 heterocycles. The van der Waals surface area contributed by atoms with Crippen LogP contribution < -0.4 is 5.84 Å². The number of hydrogen-bond acceptors (Lipinski definition) is 4. The third-order valence-electron chi connectivity index (χ3n) is 2.05. The molecular weight excluding hydrogens is 227 g/mol. The second kappa shape index (κ2) is 4.52. The molecule has 6 heteroatoms. The molecule has 0 aliphatic heterocycles. The Morgan fingerprint density at radius 1 is 1.38 bits per heavy atom. The number of nitrogen functional groups attached to an aromatic ring is 1. The first-order valence-electron chi connectivity index (χ1n) is 4.82. The van der Waals surface area contributed by atoms with Crippen molar-refractivity contribution < 1.29 is 4.39 Å². The van der Waals surface area contributed by atoms with Crippen LogP contribution in [0.25, 0.3) is 11.4 Å². The molecule has 1 aromatic heterocycles. The molecule has 2 aromatic rings. The van der Waals surface area contributed by atoms with Crippen molar-refractivity contribution >= 4 is 11.8 Å². The predicted octanol–water partition coefficient (Wildman–Crippen LogP) is 1.91. The van der Waals surface area contributed by atoms with Gasteiger partial charge in [0.25, 0.3) is 0 Å². The zero-order chi connectivity index (χ0) is 11.5. The highest BCUT2D eigenvalue weighted by Gasteiger charge is 2.14. The van der Waals surface area contributed by atoms with E-state index in [4.69, 9.17) is 5.84 Å². The van der Waals surface area contributed by atoms with Crippen LogP contribution in [0.3, 0.4) is 0 Å². The van der Waals surface area contributed by atoms with Gasteiger partial charge in [-0.1, -0.05) is 30.8 Å². The van der Waals surface area contributed by atoms with Crippen LogP contribution in [0, 0.1) is 5.82 Å². The van der Waals surface area contributed by atoms with E-state index in [1.165, 1.54) is 22.5 Å². The number of halogens is 1. The molecule has 0 atom stereocenters. The van der Waals surface area contributed by atoms with E-state index in [0.717, 1.165) is 5.75 Å². The van der Waals surface area contributed by atoms with Crippen molar-refractivity contribution in [3.63, 3.8) is 0 Å². The largest absolute Gasteiger partial charge is 0.335 e. The maximum atomic E-state index is 13.5. The molecule has 0 saturated heterocycles. The normalized spacial score (nSPS) is 10.6. The van der Waals surface area contributed by atoms with Gasteiger partial charge in [-0.2, -0.15) is 0 Å². The molecule has 0 saturated carbocycles. The lowest BCUT2D eigenvalue weighted by Gasteiger charge is -2.03. The van der Waals surface area contributed by atoms with E-state index in [9.17, 15) is 4.39 Å². The SMILES string of the molecule is CCSc1nnc(-c2ccccc2F)n1N. The van der Waals surface area contributed by atoms with Gasteiger partial charge in [0.1, 0.15) is 5.82 Å². The molecule has 0 aliphatic carbocycles. The van der Waals surface area contributed by atoms with E-state index >= 15 is 0 Å². The van der Waals surface area contributed by atoms with Crippen molar-refractivity contribution in [1.29, 1.82) is 0 Å². The van der Waals surface area contributed by atoms with Crippen LogP contribution in [0.15, 0.2) is 29.4 Å². The molecule has 0 amide bonds. The van der Waals surface area contributed by atoms with Gasteiger partial charge in [0.15, 0.2) is 5.82 Å². The van der Waals surface area contributed by atoms with Gasteiger partial charge in [-0.05, 0) is 17.9 Å². The zero-order valence-electron chi connectivity index (χ0n) is 8.72. The van der Waals surface area contributed by atoms with Crippen molar-refractivity contribution in [2.75, 3.05) is 11.6 Å². The molecule has 2 N–H and O–H groups in total. The molecule has 1 aromatic carbocycles. The highest BCUT2D eigenvalue weighted by Crippen LogP contribution is 2.23. The van der Waals surface area contributed by atoms with E-state index < -0.39 is 0 Å². The van der Waals surface area contributed by atoms with Crippen LogP contribution in [0.4, 0.5) is 4.39 Å². The molecular formula is C10H11FN4S. The van der Waals surface area contributed by atoms with Gasteiger partial charge in [0, 0.05) is 0 Å². The molecule has 16 heavy (non-hydrogen) atoms. The van der Waals surface area contributed by atoms with Crippen LogP contribution in [-0.2, 0) is 0 Å². The summed E-state index contributed by atoms with van der Waals surface area (Å²) in [6, 6.07) is 6.36. The van der Waals surface area contributed by atoms with Gasteiger partial charge in [-0.3, -0.25) is 0 Å². The highest BCUT2D eigenvalue weighted by atomic mass is 32.2. The molecule has 0 spiro atoms. The van der Waals surface area contributed by atoms with Crippen molar-refractivity contribution in [3.8, 4) is 11.4 Å². The van der Waals surface area contributed by atoms with Crippen molar-refractivity contribution in [1.82, 2.24) is 14.9 Å². The van der Waals surface area contributed by atoms with Gasteiger partial charge in [0.05, 0.1) is 5.56 Å². The zero-order valence-corrected chi connectivity index (χ0v) is 9.54. The predicted molar refractivity (Wildman–Crippen MR) is 62.0 cm³/mol.